The Kier molecular flexibility index (Phi) is 2.69. The van der Waals surface area contributed by atoms with Gasteiger partial charge in [-0.3, -0.25) is 0 Å². The average Bonchev–Trinajstić information content (AvgIpc) is 1.95. The van der Waals surface area contributed by atoms with Gasteiger partial charge in [0.1, 0.15) is 0 Å². The third kappa shape index (κ3) is 1.70. The molecule has 0 aromatic rings. The molecule has 1 fully saturated rings. The number of likely N-dealkylation sites (tertiary alicyclic amines) is 1. The van der Waals surface area contributed by atoms with E-state index in [1.54, 1.807) is 0 Å². The molecule has 2 heteroatoms. The minimum Gasteiger partial charge on any atom is -0.330 e. The van der Waals surface area contributed by atoms with Crippen molar-refractivity contribution in [1.82, 2.24) is 4.90 Å². The molecule has 2 nitrogen and oxygen atoms in total. The Morgan fingerprint density at radius 2 is 2.20 bits per heavy atom. The zero-order chi connectivity index (χ0) is 7.56. The van der Waals surface area contributed by atoms with Gasteiger partial charge in [0.15, 0.2) is 0 Å². The van der Waals surface area contributed by atoms with Gasteiger partial charge < -0.3 is 10.6 Å². The van der Waals surface area contributed by atoms with Gasteiger partial charge in [-0.2, -0.15) is 0 Å². The van der Waals surface area contributed by atoms with Crippen LogP contribution in [0.2, 0.25) is 0 Å². The molecule has 0 aromatic heterocycles. The van der Waals surface area contributed by atoms with Crippen molar-refractivity contribution < 1.29 is 0 Å². The number of nitrogens with zero attached hydrogens (tertiary/aromatic N) is 1. The van der Waals surface area contributed by atoms with Gasteiger partial charge in [0.2, 0.25) is 0 Å². The van der Waals surface area contributed by atoms with Gasteiger partial charge in [-0.05, 0) is 39.3 Å². The van der Waals surface area contributed by atoms with Crippen LogP contribution in [0.25, 0.3) is 0 Å². The first-order valence-electron chi connectivity index (χ1n) is 4.14. The van der Waals surface area contributed by atoms with Crippen molar-refractivity contribution in [3.8, 4) is 0 Å². The molecule has 0 radical (unpaired) electrons. The van der Waals surface area contributed by atoms with E-state index in [1.807, 2.05) is 0 Å². The Morgan fingerprint density at radius 3 is 2.70 bits per heavy atom. The molecule has 2 atom stereocenters. The maximum atomic E-state index is 5.58. The van der Waals surface area contributed by atoms with E-state index in [4.69, 9.17) is 5.73 Å². The molecular weight excluding hydrogens is 124 g/mol. The molecule has 1 heterocycles. The SMILES string of the molecule is CC1CCC(CN)CN1C. The molecule has 0 bridgehead atoms. The number of hydrogen-bond donors (Lipinski definition) is 1. The van der Waals surface area contributed by atoms with Crippen LogP contribution >= 0.6 is 0 Å². The van der Waals surface area contributed by atoms with Crippen molar-refractivity contribution in [2.24, 2.45) is 11.7 Å². The van der Waals surface area contributed by atoms with Gasteiger partial charge >= 0.3 is 0 Å². The van der Waals surface area contributed by atoms with E-state index in [1.165, 1.54) is 19.4 Å². The van der Waals surface area contributed by atoms with Crippen molar-refractivity contribution in [3.63, 3.8) is 0 Å². The Hall–Kier alpha value is -0.0800. The second kappa shape index (κ2) is 3.35. The molecule has 0 amide bonds. The fourth-order valence-corrected chi connectivity index (χ4v) is 1.57. The molecule has 2 unspecified atom stereocenters. The van der Waals surface area contributed by atoms with Crippen molar-refractivity contribution in [2.45, 2.75) is 25.8 Å². The standard InChI is InChI=1S/C8H18N2/c1-7-3-4-8(5-9)6-10(7)2/h7-8H,3-6,9H2,1-2H3. The van der Waals surface area contributed by atoms with E-state index in [0.29, 0.717) is 0 Å². The fraction of sp³-hybridized carbons (Fsp3) is 1.00. The molecule has 0 spiro atoms. The summed E-state index contributed by atoms with van der Waals surface area (Å²) in [5.41, 5.74) is 5.58. The summed E-state index contributed by atoms with van der Waals surface area (Å²) >= 11 is 0. The molecule has 1 aliphatic rings. The number of nitrogens with two attached hydrogens (primary N) is 1. The van der Waals surface area contributed by atoms with Gasteiger partial charge in [0.05, 0.1) is 0 Å². The third-order valence-corrected chi connectivity index (χ3v) is 2.62. The Bertz CT molecular complexity index is 103. The topological polar surface area (TPSA) is 29.3 Å². The molecule has 10 heavy (non-hydrogen) atoms. The van der Waals surface area contributed by atoms with Crippen LogP contribution in [0.3, 0.4) is 0 Å². The summed E-state index contributed by atoms with van der Waals surface area (Å²) in [6, 6.07) is 0.766. The van der Waals surface area contributed by atoms with Crippen LogP contribution in [0.15, 0.2) is 0 Å². The average molecular weight is 142 g/mol. The summed E-state index contributed by atoms with van der Waals surface area (Å²) in [4.78, 5) is 2.40. The Balaban J connectivity index is 2.33. The lowest BCUT2D eigenvalue weighted by atomic mass is 9.94. The van der Waals surface area contributed by atoms with E-state index in [2.05, 4.69) is 18.9 Å². The third-order valence-electron chi connectivity index (χ3n) is 2.62. The molecular formula is C8H18N2. The van der Waals surface area contributed by atoms with E-state index < -0.39 is 0 Å². The lowest BCUT2D eigenvalue weighted by molar-refractivity contribution is 0.153. The first kappa shape index (κ1) is 8.02. The predicted octanol–water partition coefficient (Wildman–Crippen LogP) is 0.675. The first-order valence-corrected chi connectivity index (χ1v) is 4.14. The van der Waals surface area contributed by atoms with Crippen LogP contribution in [0, 0.1) is 5.92 Å². The molecule has 0 aliphatic carbocycles. The summed E-state index contributed by atoms with van der Waals surface area (Å²) in [7, 11) is 2.19. The minimum atomic E-state index is 0.751. The zero-order valence-corrected chi connectivity index (χ0v) is 7.01. The largest absolute Gasteiger partial charge is 0.330 e. The van der Waals surface area contributed by atoms with E-state index in [-0.39, 0.29) is 0 Å². The summed E-state index contributed by atoms with van der Waals surface area (Å²) < 4.78 is 0. The summed E-state index contributed by atoms with van der Waals surface area (Å²) in [5.74, 6) is 0.751. The first-order chi connectivity index (χ1) is 4.74. The van der Waals surface area contributed by atoms with Gasteiger partial charge in [-0.1, -0.05) is 0 Å². The highest BCUT2D eigenvalue weighted by atomic mass is 15.1. The maximum absolute atomic E-state index is 5.58. The van der Waals surface area contributed by atoms with Crippen LogP contribution in [0.5, 0.6) is 0 Å². The summed E-state index contributed by atoms with van der Waals surface area (Å²) in [6.07, 6.45) is 2.64. The number of piperidine rings is 1. The lowest BCUT2D eigenvalue weighted by Crippen LogP contribution is -2.41. The maximum Gasteiger partial charge on any atom is 0.00641 e. The lowest BCUT2D eigenvalue weighted by Gasteiger charge is -2.34. The van der Waals surface area contributed by atoms with E-state index >= 15 is 0 Å². The van der Waals surface area contributed by atoms with Gasteiger partial charge in [-0.25, -0.2) is 0 Å². The second-order valence-corrected chi connectivity index (χ2v) is 3.47. The van der Waals surface area contributed by atoms with E-state index in [9.17, 15) is 0 Å². The highest BCUT2D eigenvalue weighted by molar-refractivity contribution is 4.76. The van der Waals surface area contributed by atoms with Crippen LogP contribution < -0.4 is 5.73 Å². The normalized spacial score (nSPS) is 36.3. The highest BCUT2D eigenvalue weighted by Crippen LogP contribution is 2.18. The quantitative estimate of drug-likeness (QED) is 0.583. The van der Waals surface area contributed by atoms with E-state index in [0.717, 1.165) is 18.5 Å². The molecule has 60 valence electrons. The highest BCUT2D eigenvalue weighted by Gasteiger charge is 2.20. The smallest absolute Gasteiger partial charge is 0.00641 e. The van der Waals surface area contributed by atoms with Crippen LogP contribution in [0.1, 0.15) is 19.8 Å². The van der Waals surface area contributed by atoms with Gasteiger partial charge in [0.25, 0.3) is 0 Å². The molecule has 1 rings (SSSR count). The van der Waals surface area contributed by atoms with Crippen molar-refractivity contribution >= 4 is 0 Å². The van der Waals surface area contributed by atoms with Crippen molar-refractivity contribution in [1.29, 1.82) is 0 Å². The zero-order valence-electron chi connectivity index (χ0n) is 7.01. The summed E-state index contributed by atoms with van der Waals surface area (Å²) in [5, 5.41) is 0. The molecule has 0 saturated carbocycles. The van der Waals surface area contributed by atoms with Crippen molar-refractivity contribution in [2.75, 3.05) is 20.1 Å². The predicted molar refractivity (Wildman–Crippen MR) is 43.9 cm³/mol. The van der Waals surface area contributed by atoms with Crippen LogP contribution in [0.4, 0.5) is 0 Å². The summed E-state index contributed by atoms with van der Waals surface area (Å²) in [6.45, 7) is 4.33. The van der Waals surface area contributed by atoms with Gasteiger partial charge in [-0.15, -0.1) is 0 Å². The fourth-order valence-electron chi connectivity index (χ4n) is 1.57. The number of rotatable bonds is 1. The Labute approximate surface area is 63.4 Å². The van der Waals surface area contributed by atoms with Crippen LogP contribution in [-0.4, -0.2) is 31.1 Å². The molecule has 2 N–H and O–H groups in total. The molecule has 1 aliphatic heterocycles. The number of hydrogen-bond acceptors (Lipinski definition) is 2. The second-order valence-electron chi connectivity index (χ2n) is 3.47. The minimum absolute atomic E-state index is 0.751. The van der Waals surface area contributed by atoms with Crippen LogP contribution in [-0.2, 0) is 0 Å². The molecule has 0 aromatic carbocycles. The van der Waals surface area contributed by atoms with Gasteiger partial charge in [0, 0.05) is 12.6 Å². The Morgan fingerprint density at radius 1 is 1.50 bits per heavy atom. The monoisotopic (exact) mass is 142 g/mol. The molecule has 1 saturated heterocycles. The van der Waals surface area contributed by atoms with Crippen molar-refractivity contribution in [3.05, 3.63) is 0 Å².